The number of hydrogen-bond acceptors (Lipinski definition) is 2. The number of carbonyl (C=O) groups is 1. The lowest BCUT2D eigenvalue weighted by atomic mass is 10.1. The molecule has 0 aliphatic carbocycles. The zero-order valence-electron chi connectivity index (χ0n) is 14.9. The second kappa shape index (κ2) is 8.69. The molecule has 0 saturated carbocycles. The van der Waals surface area contributed by atoms with Crippen molar-refractivity contribution in [1.82, 2.24) is 0 Å². The van der Waals surface area contributed by atoms with Crippen molar-refractivity contribution < 1.29 is 9.18 Å². The average molecular weight is 383 g/mol. The van der Waals surface area contributed by atoms with Gasteiger partial charge in [-0.05, 0) is 53.9 Å². The summed E-state index contributed by atoms with van der Waals surface area (Å²) in [6.07, 6.45) is 0.950. The maximum atomic E-state index is 13.2. The number of rotatable bonds is 6. The van der Waals surface area contributed by atoms with Gasteiger partial charge in [-0.25, -0.2) is 4.39 Å². The van der Waals surface area contributed by atoms with E-state index in [9.17, 15) is 9.18 Å². The molecule has 3 aromatic carbocycles. The van der Waals surface area contributed by atoms with Crippen LogP contribution in [0.3, 0.4) is 0 Å². The molecule has 0 radical (unpaired) electrons. The number of aryl methyl sites for hydroxylation is 1. The lowest BCUT2D eigenvalue weighted by Crippen LogP contribution is -2.12. The first-order valence-electron chi connectivity index (χ1n) is 8.74. The largest absolute Gasteiger partial charge is 0.381 e. The van der Waals surface area contributed by atoms with Gasteiger partial charge in [0, 0.05) is 23.5 Å². The van der Waals surface area contributed by atoms with E-state index in [1.165, 1.54) is 23.8 Å². The summed E-state index contributed by atoms with van der Waals surface area (Å²) in [4.78, 5) is 12.5. The summed E-state index contributed by atoms with van der Waals surface area (Å²) in [5.41, 5.74) is 4.31. The Kier molecular flexibility index (Phi) is 6.09. The van der Waals surface area contributed by atoms with Crippen molar-refractivity contribution in [3.05, 3.63) is 94.3 Å². The zero-order chi connectivity index (χ0) is 19.2. The van der Waals surface area contributed by atoms with Crippen LogP contribution >= 0.6 is 11.6 Å². The van der Waals surface area contributed by atoms with Gasteiger partial charge in [0.1, 0.15) is 5.82 Å². The molecule has 0 atom stereocenters. The molecule has 0 saturated heterocycles. The molecule has 3 aromatic rings. The first kappa shape index (κ1) is 18.9. The van der Waals surface area contributed by atoms with Crippen LogP contribution in [0.5, 0.6) is 0 Å². The van der Waals surface area contributed by atoms with Crippen LogP contribution in [-0.4, -0.2) is 5.91 Å². The van der Waals surface area contributed by atoms with E-state index in [2.05, 4.69) is 23.6 Å². The summed E-state index contributed by atoms with van der Waals surface area (Å²) in [6.45, 7) is 2.73. The van der Waals surface area contributed by atoms with Gasteiger partial charge in [-0.3, -0.25) is 4.79 Å². The molecule has 3 nitrogen and oxygen atoms in total. The van der Waals surface area contributed by atoms with Crippen LogP contribution in [-0.2, 0) is 13.0 Å². The number of hydrogen-bond donors (Lipinski definition) is 2. The Bertz CT molecular complexity index is 959. The minimum absolute atomic E-state index is 0.0275. The highest BCUT2D eigenvalue weighted by atomic mass is 35.5. The summed E-state index contributed by atoms with van der Waals surface area (Å²) >= 11 is 5.76. The number of carbonyl (C=O) groups excluding carboxylic acids is 1. The highest BCUT2D eigenvalue weighted by Gasteiger charge is 2.09. The maximum absolute atomic E-state index is 13.2. The summed E-state index contributed by atoms with van der Waals surface area (Å²) in [7, 11) is 0. The van der Waals surface area contributed by atoms with Crippen LogP contribution < -0.4 is 10.6 Å². The van der Waals surface area contributed by atoms with Crippen molar-refractivity contribution >= 4 is 28.9 Å². The molecule has 1 amide bonds. The molecule has 2 N–H and O–H groups in total. The van der Waals surface area contributed by atoms with Gasteiger partial charge in [0.2, 0.25) is 0 Å². The minimum atomic E-state index is -0.518. The van der Waals surface area contributed by atoms with Crippen molar-refractivity contribution in [2.45, 2.75) is 19.9 Å². The molecular weight excluding hydrogens is 363 g/mol. The summed E-state index contributed by atoms with van der Waals surface area (Å²) < 4.78 is 13.2. The normalized spacial score (nSPS) is 10.5. The quantitative estimate of drug-likeness (QED) is 0.556. The molecule has 0 heterocycles. The lowest BCUT2D eigenvalue weighted by Gasteiger charge is -2.12. The summed E-state index contributed by atoms with van der Waals surface area (Å²) in [5, 5.41) is 6.13. The van der Waals surface area contributed by atoms with Gasteiger partial charge < -0.3 is 10.6 Å². The molecule has 0 bridgehead atoms. The summed E-state index contributed by atoms with van der Waals surface area (Å²) in [6, 6.07) is 19.6. The Balaban J connectivity index is 1.69. The third kappa shape index (κ3) is 4.86. The number of halogens is 2. The smallest absolute Gasteiger partial charge is 0.255 e. The standard InChI is InChI=1S/C22H20ClFN2O/c1-2-16-7-3-4-9-21(16)25-14-15-6-5-8-17(12-15)22(27)26-18-10-11-20(24)19(23)13-18/h3-13,25H,2,14H2,1H3,(H,26,27). The van der Waals surface area contributed by atoms with Gasteiger partial charge in [-0.2, -0.15) is 0 Å². The zero-order valence-corrected chi connectivity index (χ0v) is 15.7. The van der Waals surface area contributed by atoms with Crippen molar-refractivity contribution in [2.24, 2.45) is 0 Å². The van der Waals surface area contributed by atoms with E-state index >= 15 is 0 Å². The van der Waals surface area contributed by atoms with Gasteiger partial charge in [0.15, 0.2) is 0 Å². The molecule has 138 valence electrons. The Hall–Kier alpha value is -2.85. The first-order valence-corrected chi connectivity index (χ1v) is 9.11. The highest BCUT2D eigenvalue weighted by molar-refractivity contribution is 6.31. The predicted octanol–water partition coefficient (Wildman–Crippen LogP) is 5.91. The molecule has 3 rings (SSSR count). The van der Waals surface area contributed by atoms with Gasteiger partial charge >= 0.3 is 0 Å². The average Bonchev–Trinajstić information content (AvgIpc) is 2.69. The van der Waals surface area contributed by atoms with E-state index in [0.29, 0.717) is 17.8 Å². The van der Waals surface area contributed by atoms with Crippen LogP contribution in [0, 0.1) is 5.82 Å². The second-order valence-electron chi connectivity index (χ2n) is 6.15. The Labute approximate surface area is 163 Å². The topological polar surface area (TPSA) is 41.1 Å². The third-order valence-corrected chi connectivity index (χ3v) is 4.54. The summed E-state index contributed by atoms with van der Waals surface area (Å²) in [5.74, 6) is -0.788. The van der Waals surface area contributed by atoms with Crippen molar-refractivity contribution in [3.8, 4) is 0 Å². The van der Waals surface area contributed by atoms with Crippen LogP contribution in [0.15, 0.2) is 66.7 Å². The molecule has 0 aliphatic rings. The Morgan fingerprint density at radius 1 is 1.04 bits per heavy atom. The van der Waals surface area contributed by atoms with Crippen molar-refractivity contribution in [2.75, 3.05) is 10.6 Å². The number of amides is 1. The monoisotopic (exact) mass is 382 g/mol. The van der Waals surface area contributed by atoms with E-state index in [0.717, 1.165) is 17.7 Å². The molecule has 0 fully saturated rings. The first-order chi connectivity index (χ1) is 13.1. The van der Waals surface area contributed by atoms with Crippen molar-refractivity contribution in [3.63, 3.8) is 0 Å². The van der Waals surface area contributed by atoms with Gasteiger partial charge in [-0.15, -0.1) is 0 Å². The fourth-order valence-electron chi connectivity index (χ4n) is 2.80. The molecule has 0 spiro atoms. The van der Waals surface area contributed by atoms with E-state index in [-0.39, 0.29) is 10.9 Å². The van der Waals surface area contributed by atoms with Crippen molar-refractivity contribution in [1.29, 1.82) is 0 Å². The number of para-hydroxylation sites is 1. The highest BCUT2D eigenvalue weighted by Crippen LogP contribution is 2.20. The molecule has 5 heteroatoms. The second-order valence-corrected chi connectivity index (χ2v) is 6.55. The van der Waals surface area contributed by atoms with Crippen LogP contribution in [0.1, 0.15) is 28.4 Å². The fourth-order valence-corrected chi connectivity index (χ4v) is 2.98. The maximum Gasteiger partial charge on any atom is 0.255 e. The Morgan fingerprint density at radius 2 is 1.85 bits per heavy atom. The minimum Gasteiger partial charge on any atom is -0.381 e. The molecular formula is C22H20ClFN2O. The molecule has 0 unspecified atom stereocenters. The number of nitrogens with one attached hydrogen (secondary N) is 2. The predicted molar refractivity (Wildman–Crippen MR) is 109 cm³/mol. The fraction of sp³-hybridized carbons (Fsp3) is 0.136. The third-order valence-electron chi connectivity index (χ3n) is 4.25. The van der Waals surface area contributed by atoms with E-state index in [4.69, 9.17) is 11.6 Å². The van der Waals surface area contributed by atoms with E-state index in [1.807, 2.05) is 36.4 Å². The van der Waals surface area contributed by atoms with E-state index in [1.54, 1.807) is 6.07 Å². The Morgan fingerprint density at radius 3 is 2.63 bits per heavy atom. The molecule has 27 heavy (non-hydrogen) atoms. The molecule has 0 aliphatic heterocycles. The van der Waals surface area contributed by atoms with Gasteiger partial charge in [0.25, 0.3) is 5.91 Å². The van der Waals surface area contributed by atoms with Crippen LogP contribution in [0.4, 0.5) is 15.8 Å². The molecule has 0 aromatic heterocycles. The van der Waals surface area contributed by atoms with Gasteiger partial charge in [0.05, 0.1) is 5.02 Å². The van der Waals surface area contributed by atoms with Gasteiger partial charge in [-0.1, -0.05) is 48.9 Å². The van der Waals surface area contributed by atoms with Crippen LogP contribution in [0.2, 0.25) is 5.02 Å². The van der Waals surface area contributed by atoms with E-state index < -0.39 is 5.82 Å². The number of anilines is 2. The number of benzene rings is 3. The lowest BCUT2D eigenvalue weighted by molar-refractivity contribution is 0.102. The van der Waals surface area contributed by atoms with Crippen LogP contribution in [0.25, 0.3) is 0 Å². The SMILES string of the molecule is CCc1ccccc1NCc1cccc(C(=O)Nc2ccc(F)c(Cl)c2)c1.